The standard InChI is InChI=1S/C18H25N3O4S/c1-13-3-6-16(14(2)11-13)26(24,25)21-9-7-20(8-10-21)17(22)12-19-18(23)15-4-5-15/h3,6,11,15H,4-5,7-10,12H2,1-2H3,(H,19,23). The Morgan fingerprint density at radius 2 is 1.77 bits per heavy atom. The molecule has 1 aromatic carbocycles. The molecular weight excluding hydrogens is 354 g/mol. The average Bonchev–Trinajstić information content (AvgIpc) is 3.44. The Labute approximate surface area is 154 Å². The summed E-state index contributed by atoms with van der Waals surface area (Å²) in [6.45, 7) is 4.90. The first-order chi connectivity index (χ1) is 12.3. The molecule has 0 radical (unpaired) electrons. The first-order valence-electron chi connectivity index (χ1n) is 8.92. The highest BCUT2D eigenvalue weighted by molar-refractivity contribution is 7.89. The third-order valence-corrected chi connectivity index (χ3v) is 6.96. The van der Waals surface area contributed by atoms with Crippen molar-refractivity contribution in [2.45, 2.75) is 31.6 Å². The predicted octanol–water partition coefficient (Wildman–Crippen LogP) is 0.663. The van der Waals surface area contributed by atoms with Crippen LogP contribution >= 0.6 is 0 Å². The third-order valence-electron chi connectivity index (χ3n) is 4.90. The minimum Gasteiger partial charge on any atom is -0.347 e. The van der Waals surface area contributed by atoms with Gasteiger partial charge in [-0.25, -0.2) is 8.42 Å². The van der Waals surface area contributed by atoms with Crippen molar-refractivity contribution in [1.29, 1.82) is 0 Å². The van der Waals surface area contributed by atoms with Crippen molar-refractivity contribution in [3.05, 3.63) is 29.3 Å². The number of amides is 2. The summed E-state index contributed by atoms with van der Waals surface area (Å²) in [5, 5.41) is 2.66. The molecule has 26 heavy (non-hydrogen) atoms. The number of benzene rings is 1. The quantitative estimate of drug-likeness (QED) is 0.814. The van der Waals surface area contributed by atoms with E-state index in [2.05, 4.69) is 5.32 Å². The number of nitrogens with one attached hydrogen (secondary N) is 1. The Balaban J connectivity index is 1.57. The molecule has 0 unspecified atom stereocenters. The van der Waals surface area contributed by atoms with Gasteiger partial charge in [0.15, 0.2) is 0 Å². The van der Waals surface area contributed by atoms with Crippen LogP contribution in [0.4, 0.5) is 0 Å². The predicted molar refractivity (Wildman–Crippen MR) is 97.0 cm³/mol. The topological polar surface area (TPSA) is 86.8 Å². The third kappa shape index (κ3) is 4.07. The lowest BCUT2D eigenvalue weighted by Crippen LogP contribution is -2.52. The molecule has 1 heterocycles. The molecule has 2 aliphatic rings. The highest BCUT2D eigenvalue weighted by Crippen LogP contribution is 2.28. The second kappa shape index (κ2) is 7.36. The average molecular weight is 379 g/mol. The second-order valence-electron chi connectivity index (χ2n) is 7.05. The zero-order valence-corrected chi connectivity index (χ0v) is 16.0. The second-order valence-corrected chi connectivity index (χ2v) is 8.95. The van der Waals surface area contributed by atoms with Crippen molar-refractivity contribution in [2.24, 2.45) is 5.92 Å². The normalized spacial score (nSPS) is 18.6. The van der Waals surface area contributed by atoms with Gasteiger partial charge in [-0.2, -0.15) is 4.31 Å². The highest BCUT2D eigenvalue weighted by atomic mass is 32.2. The molecule has 7 nitrogen and oxygen atoms in total. The summed E-state index contributed by atoms with van der Waals surface area (Å²) in [5.41, 5.74) is 1.75. The maximum absolute atomic E-state index is 12.9. The van der Waals surface area contributed by atoms with Crippen LogP contribution in [-0.2, 0) is 19.6 Å². The van der Waals surface area contributed by atoms with Gasteiger partial charge in [0.1, 0.15) is 0 Å². The summed E-state index contributed by atoms with van der Waals surface area (Å²) >= 11 is 0. The molecule has 0 bridgehead atoms. The Bertz CT molecular complexity index is 810. The number of aryl methyl sites for hydroxylation is 2. The molecule has 1 N–H and O–H groups in total. The monoisotopic (exact) mass is 379 g/mol. The van der Waals surface area contributed by atoms with Crippen molar-refractivity contribution in [3.63, 3.8) is 0 Å². The van der Waals surface area contributed by atoms with Crippen LogP contribution in [0.1, 0.15) is 24.0 Å². The summed E-state index contributed by atoms with van der Waals surface area (Å²) in [6.07, 6.45) is 1.80. The molecule has 1 aliphatic heterocycles. The number of piperazine rings is 1. The first kappa shape index (κ1) is 18.8. The van der Waals surface area contributed by atoms with E-state index in [-0.39, 0.29) is 37.4 Å². The minimum atomic E-state index is -3.56. The SMILES string of the molecule is Cc1ccc(S(=O)(=O)N2CCN(C(=O)CNC(=O)C3CC3)CC2)c(C)c1. The maximum atomic E-state index is 12.9. The summed E-state index contributed by atoms with van der Waals surface area (Å²) < 4.78 is 27.1. The Hall–Kier alpha value is -1.93. The van der Waals surface area contributed by atoms with Crippen LogP contribution in [0, 0.1) is 19.8 Å². The van der Waals surface area contributed by atoms with Gasteiger partial charge in [-0.15, -0.1) is 0 Å². The zero-order chi connectivity index (χ0) is 18.9. The lowest BCUT2D eigenvalue weighted by atomic mass is 10.2. The maximum Gasteiger partial charge on any atom is 0.243 e. The van der Waals surface area contributed by atoms with Gasteiger partial charge in [0, 0.05) is 32.1 Å². The molecular formula is C18H25N3O4S. The van der Waals surface area contributed by atoms with Gasteiger partial charge in [-0.1, -0.05) is 17.7 Å². The molecule has 2 fully saturated rings. The molecule has 142 valence electrons. The number of carbonyl (C=O) groups excluding carboxylic acids is 2. The van der Waals surface area contributed by atoms with E-state index in [1.54, 1.807) is 24.0 Å². The van der Waals surface area contributed by atoms with Crippen molar-refractivity contribution < 1.29 is 18.0 Å². The largest absolute Gasteiger partial charge is 0.347 e. The molecule has 1 aromatic rings. The van der Waals surface area contributed by atoms with E-state index in [0.29, 0.717) is 18.0 Å². The van der Waals surface area contributed by atoms with E-state index in [1.807, 2.05) is 13.0 Å². The fourth-order valence-electron chi connectivity index (χ4n) is 3.17. The van der Waals surface area contributed by atoms with Gasteiger partial charge in [-0.05, 0) is 38.3 Å². The molecule has 0 aromatic heterocycles. The molecule has 0 spiro atoms. The van der Waals surface area contributed by atoms with E-state index in [9.17, 15) is 18.0 Å². The van der Waals surface area contributed by atoms with Crippen molar-refractivity contribution in [2.75, 3.05) is 32.7 Å². The smallest absolute Gasteiger partial charge is 0.243 e. The lowest BCUT2D eigenvalue weighted by Gasteiger charge is -2.34. The Morgan fingerprint density at radius 3 is 2.35 bits per heavy atom. The summed E-state index contributed by atoms with van der Waals surface area (Å²) in [5.74, 6) is -0.153. The zero-order valence-electron chi connectivity index (χ0n) is 15.2. The summed E-state index contributed by atoms with van der Waals surface area (Å²) in [6, 6.07) is 5.29. The van der Waals surface area contributed by atoms with Gasteiger partial charge >= 0.3 is 0 Å². The number of rotatable bonds is 5. The molecule has 0 atom stereocenters. The van der Waals surface area contributed by atoms with Gasteiger partial charge in [-0.3, -0.25) is 9.59 Å². The van der Waals surface area contributed by atoms with E-state index >= 15 is 0 Å². The number of sulfonamides is 1. The van der Waals surface area contributed by atoms with Gasteiger partial charge in [0.2, 0.25) is 21.8 Å². The van der Waals surface area contributed by atoms with Crippen molar-refractivity contribution in [1.82, 2.24) is 14.5 Å². The number of hydrogen-bond donors (Lipinski definition) is 1. The van der Waals surface area contributed by atoms with Gasteiger partial charge in [0.05, 0.1) is 11.4 Å². The molecule has 2 amide bonds. The number of carbonyl (C=O) groups is 2. The van der Waals surface area contributed by atoms with Crippen LogP contribution < -0.4 is 5.32 Å². The van der Waals surface area contributed by atoms with E-state index in [4.69, 9.17) is 0 Å². The summed E-state index contributed by atoms with van der Waals surface area (Å²) in [4.78, 5) is 25.8. The molecule has 3 rings (SSSR count). The van der Waals surface area contributed by atoms with E-state index in [0.717, 1.165) is 24.0 Å². The van der Waals surface area contributed by atoms with Crippen LogP contribution in [0.3, 0.4) is 0 Å². The summed E-state index contributed by atoms with van der Waals surface area (Å²) in [7, 11) is -3.56. The van der Waals surface area contributed by atoms with Crippen LogP contribution in [-0.4, -0.2) is 62.2 Å². The number of hydrogen-bond acceptors (Lipinski definition) is 4. The highest BCUT2D eigenvalue weighted by Gasteiger charge is 2.32. The Kier molecular flexibility index (Phi) is 5.34. The van der Waals surface area contributed by atoms with Gasteiger partial charge < -0.3 is 10.2 Å². The van der Waals surface area contributed by atoms with Crippen molar-refractivity contribution >= 4 is 21.8 Å². The van der Waals surface area contributed by atoms with Crippen LogP contribution in [0.25, 0.3) is 0 Å². The Morgan fingerprint density at radius 1 is 1.12 bits per heavy atom. The fraction of sp³-hybridized carbons (Fsp3) is 0.556. The minimum absolute atomic E-state index is 0.0147. The van der Waals surface area contributed by atoms with Gasteiger partial charge in [0.25, 0.3) is 0 Å². The van der Waals surface area contributed by atoms with E-state index in [1.165, 1.54) is 4.31 Å². The molecule has 1 saturated carbocycles. The number of nitrogens with zero attached hydrogens (tertiary/aromatic N) is 2. The van der Waals surface area contributed by atoms with Crippen LogP contribution in [0.5, 0.6) is 0 Å². The molecule has 8 heteroatoms. The van der Waals surface area contributed by atoms with Crippen LogP contribution in [0.2, 0.25) is 0 Å². The lowest BCUT2D eigenvalue weighted by molar-refractivity contribution is -0.134. The van der Waals surface area contributed by atoms with E-state index < -0.39 is 10.0 Å². The first-order valence-corrected chi connectivity index (χ1v) is 10.4. The molecule has 1 saturated heterocycles. The van der Waals surface area contributed by atoms with Crippen LogP contribution in [0.15, 0.2) is 23.1 Å². The van der Waals surface area contributed by atoms with Crippen molar-refractivity contribution in [3.8, 4) is 0 Å². The fourth-order valence-corrected chi connectivity index (χ4v) is 4.80. The molecule has 1 aliphatic carbocycles.